The first-order valence-corrected chi connectivity index (χ1v) is 14.5. The first-order chi connectivity index (χ1) is 19.0. The van der Waals surface area contributed by atoms with Gasteiger partial charge in [0.25, 0.3) is 0 Å². The molecule has 1 unspecified atom stereocenters. The van der Waals surface area contributed by atoms with Crippen LogP contribution in [0.15, 0.2) is 94.0 Å². The fourth-order valence-electron chi connectivity index (χ4n) is 5.54. The number of thioether (sulfide) groups is 1. The molecule has 5 nitrogen and oxygen atoms in total. The standard InChI is InChI=1S/C31H25Cl2N3O2S/c1-35-16-22(14-19-2-7-23(32)8-3-19)29-25(17-35)30(20-4-9-24(33)10-5-20)36-26(18-39-31(36)34-29)21-6-11-27-28(15-21)38-13-12-37-27/h2-11,14-15,18,30H,12-13,16-17H2,1H3/b22-14+. The Morgan fingerprint density at radius 1 is 0.897 bits per heavy atom. The van der Waals surface area contributed by atoms with Crippen molar-refractivity contribution < 1.29 is 9.47 Å². The molecule has 0 aliphatic carbocycles. The van der Waals surface area contributed by atoms with Gasteiger partial charge in [0.1, 0.15) is 13.2 Å². The maximum absolute atomic E-state index is 6.32. The molecule has 7 rings (SSSR count). The number of ether oxygens (including phenoxy) is 2. The third-order valence-electron chi connectivity index (χ3n) is 7.26. The maximum Gasteiger partial charge on any atom is 0.174 e. The van der Waals surface area contributed by atoms with Gasteiger partial charge < -0.3 is 14.4 Å². The lowest BCUT2D eigenvalue weighted by atomic mass is 9.88. The van der Waals surface area contributed by atoms with E-state index in [0.29, 0.717) is 13.2 Å². The van der Waals surface area contributed by atoms with E-state index in [1.807, 2.05) is 30.3 Å². The summed E-state index contributed by atoms with van der Waals surface area (Å²) in [5.41, 5.74) is 7.97. The van der Waals surface area contributed by atoms with Crippen LogP contribution in [0.5, 0.6) is 11.5 Å². The van der Waals surface area contributed by atoms with Crippen molar-refractivity contribution in [2.24, 2.45) is 4.99 Å². The van der Waals surface area contributed by atoms with Crippen molar-refractivity contribution in [2.45, 2.75) is 6.04 Å². The van der Waals surface area contributed by atoms with E-state index >= 15 is 0 Å². The highest BCUT2D eigenvalue weighted by atomic mass is 35.5. The van der Waals surface area contributed by atoms with E-state index in [1.165, 1.54) is 16.7 Å². The molecule has 8 heteroatoms. The minimum atomic E-state index is -0.0319. The first kappa shape index (κ1) is 24.9. The number of hydrogen-bond acceptors (Lipinski definition) is 6. The van der Waals surface area contributed by atoms with E-state index in [-0.39, 0.29) is 6.04 Å². The zero-order valence-corrected chi connectivity index (χ0v) is 23.6. The summed E-state index contributed by atoms with van der Waals surface area (Å²) in [4.78, 5) is 9.99. The van der Waals surface area contributed by atoms with Gasteiger partial charge in [-0.3, -0.25) is 4.90 Å². The number of aliphatic imine (C=N–C) groups is 1. The fraction of sp³-hybridized carbons (Fsp3) is 0.194. The zero-order chi connectivity index (χ0) is 26.5. The first-order valence-electron chi connectivity index (χ1n) is 12.8. The van der Waals surface area contributed by atoms with Crippen molar-refractivity contribution in [3.63, 3.8) is 0 Å². The highest BCUT2D eigenvalue weighted by molar-refractivity contribution is 8.16. The summed E-state index contributed by atoms with van der Waals surface area (Å²) in [6, 6.07) is 22.3. The van der Waals surface area contributed by atoms with Gasteiger partial charge in [-0.1, -0.05) is 59.2 Å². The number of fused-ring (bicyclic) bond motifs is 2. The van der Waals surface area contributed by atoms with Crippen LogP contribution in [0.25, 0.3) is 11.8 Å². The molecule has 0 aromatic heterocycles. The van der Waals surface area contributed by atoms with Crippen LogP contribution >= 0.6 is 35.0 Å². The van der Waals surface area contributed by atoms with Crippen molar-refractivity contribution in [2.75, 3.05) is 33.4 Å². The Morgan fingerprint density at radius 3 is 2.38 bits per heavy atom. The molecule has 1 atom stereocenters. The van der Waals surface area contributed by atoms with Crippen LogP contribution in [0.4, 0.5) is 0 Å². The van der Waals surface area contributed by atoms with Gasteiger partial charge in [0, 0.05) is 34.1 Å². The molecule has 3 aromatic carbocycles. The number of likely N-dealkylation sites (N-methyl/N-ethyl adjacent to an activating group) is 1. The highest BCUT2D eigenvalue weighted by Gasteiger charge is 2.41. The van der Waals surface area contributed by atoms with Crippen LogP contribution in [-0.2, 0) is 0 Å². The van der Waals surface area contributed by atoms with Gasteiger partial charge in [0.05, 0.1) is 17.4 Å². The number of amidine groups is 1. The Balaban J connectivity index is 1.36. The minimum absolute atomic E-state index is 0.0319. The quantitative estimate of drug-likeness (QED) is 0.324. The number of hydrogen-bond donors (Lipinski definition) is 0. The normalized spacial score (nSPS) is 21.5. The molecule has 0 saturated heterocycles. The molecule has 0 saturated carbocycles. The number of benzene rings is 3. The molecule has 0 amide bonds. The molecular formula is C31H25Cl2N3O2S. The fourth-order valence-corrected chi connectivity index (χ4v) is 6.72. The summed E-state index contributed by atoms with van der Waals surface area (Å²) in [7, 11) is 2.16. The Morgan fingerprint density at radius 2 is 1.62 bits per heavy atom. The van der Waals surface area contributed by atoms with Gasteiger partial charge >= 0.3 is 0 Å². The summed E-state index contributed by atoms with van der Waals surface area (Å²) in [6.45, 7) is 2.76. The lowest BCUT2D eigenvalue weighted by Crippen LogP contribution is -2.40. The summed E-state index contributed by atoms with van der Waals surface area (Å²) in [5.74, 6) is 1.56. The molecule has 0 N–H and O–H groups in total. The van der Waals surface area contributed by atoms with Gasteiger partial charge in [-0.15, -0.1) is 0 Å². The topological polar surface area (TPSA) is 37.3 Å². The van der Waals surface area contributed by atoms with Crippen LogP contribution in [0.2, 0.25) is 10.0 Å². The van der Waals surface area contributed by atoms with Crippen molar-refractivity contribution >= 4 is 51.9 Å². The average Bonchev–Trinajstić information content (AvgIpc) is 3.37. The second kappa shape index (κ2) is 10.1. The van der Waals surface area contributed by atoms with Crippen LogP contribution < -0.4 is 9.47 Å². The Labute approximate surface area is 242 Å². The number of halogens is 2. The predicted molar refractivity (Wildman–Crippen MR) is 160 cm³/mol. The van der Waals surface area contributed by atoms with Crippen LogP contribution in [0.1, 0.15) is 22.7 Å². The molecule has 196 valence electrons. The van der Waals surface area contributed by atoms with Gasteiger partial charge in [-0.05, 0) is 77.9 Å². The highest BCUT2D eigenvalue weighted by Crippen LogP contribution is 2.50. The van der Waals surface area contributed by atoms with E-state index in [1.54, 1.807) is 11.8 Å². The molecular weight excluding hydrogens is 549 g/mol. The number of nitrogens with zero attached hydrogens (tertiary/aromatic N) is 3. The largest absolute Gasteiger partial charge is 0.486 e. The van der Waals surface area contributed by atoms with E-state index in [9.17, 15) is 0 Å². The maximum atomic E-state index is 6.32. The monoisotopic (exact) mass is 573 g/mol. The van der Waals surface area contributed by atoms with E-state index < -0.39 is 0 Å². The number of rotatable bonds is 3. The molecule has 3 aromatic rings. The predicted octanol–water partition coefficient (Wildman–Crippen LogP) is 7.51. The van der Waals surface area contributed by atoms with Crippen LogP contribution in [0, 0.1) is 0 Å². The van der Waals surface area contributed by atoms with Gasteiger partial charge in [-0.2, -0.15) is 0 Å². The summed E-state index contributed by atoms with van der Waals surface area (Å²) >= 11 is 14.1. The molecule has 0 bridgehead atoms. The lowest BCUT2D eigenvalue weighted by Gasteiger charge is -2.42. The van der Waals surface area contributed by atoms with Crippen molar-refractivity contribution in [1.29, 1.82) is 0 Å². The summed E-state index contributed by atoms with van der Waals surface area (Å²) < 4.78 is 11.7. The van der Waals surface area contributed by atoms with E-state index in [0.717, 1.165) is 62.3 Å². The van der Waals surface area contributed by atoms with Crippen molar-refractivity contribution in [1.82, 2.24) is 9.80 Å². The lowest BCUT2D eigenvalue weighted by molar-refractivity contribution is 0.171. The second-order valence-electron chi connectivity index (χ2n) is 9.97. The van der Waals surface area contributed by atoms with Crippen molar-refractivity contribution in [3.05, 3.63) is 116 Å². The second-order valence-corrected chi connectivity index (χ2v) is 11.7. The molecule has 0 fully saturated rings. The minimum Gasteiger partial charge on any atom is -0.486 e. The Kier molecular flexibility index (Phi) is 6.44. The summed E-state index contributed by atoms with van der Waals surface area (Å²) in [5, 5.41) is 4.61. The third-order valence-corrected chi connectivity index (χ3v) is 8.60. The third kappa shape index (κ3) is 4.66. The average molecular weight is 575 g/mol. The SMILES string of the molecule is CN1CC2=C(N=C3SC=C(c4ccc5c(c4)OCCO5)N3C2c2ccc(Cl)cc2)/C(=C/c2ccc(Cl)cc2)C1. The van der Waals surface area contributed by atoms with Crippen LogP contribution in [0.3, 0.4) is 0 Å². The molecule has 4 aliphatic heterocycles. The Hall–Kier alpha value is -3.16. The zero-order valence-electron chi connectivity index (χ0n) is 21.2. The van der Waals surface area contributed by atoms with Gasteiger partial charge in [0.15, 0.2) is 16.7 Å². The van der Waals surface area contributed by atoms with Crippen molar-refractivity contribution in [3.8, 4) is 11.5 Å². The molecule has 0 radical (unpaired) electrons. The molecule has 0 spiro atoms. The molecule has 39 heavy (non-hydrogen) atoms. The smallest absolute Gasteiger partial charge is 0.174 e. The molecule has 4 heterocycles. The van der Waals surface area contributed by atoms with E-state index in [2.05, 4.69) is 64.7 Å². The van der Waals surface area contributed by atoms with Gasteiger partial charge in [0.2, 0.25) is 0 Å². The van der Waals surface area contributed by atoms with Crippen LogP contribution in [-0.4, -0.2) is 48.3 Å². The van der Waals surface area contributed by atoms with Gasteiger partial charge in [-0.25, -0.2) is 4.99 Å². The summed E-state index contributed by atoms with van der Waals surface area (Å²) in [6.07, 6.45) is 2.23. The Bertz CT molecular complexity index is 1580. The van der Waals surface area contributed by atoms with E-state index in [4.69, 9.17) is 37.7 Å². The molecule has 4 aliphatic rings.